The first-order valence-corrected chi connectivity index (χ1v) is 14.9. The molecule has 7 atom stereocenters. The van der Waals surface area contributed by atoms with Crippen LogP contribution in [-0.4, -0.2) is 75.2 Å². The molecule has 1 saturated heterocycles. The molecule has 1 unspecified atom stereocenters. The quantitative estimate of drug-likeness (QED) is 0.181. The molecule has 13 nitrogen and oxygen atoms in total. The summed E-state index contributed by atoms with van der Waals surface area (Å²) in [6.45, 7) is 8.63. The number of carbonyl (C=O) groups excluding carboxylic acids is 2. The number of hydrogen-bond donors (Lipinski definition) is 3. The van der Waals surface area contributed by atoms with E-state index in [1.165, 1.54) is 19.2 Å². The highest BCUT2D eigenvalue weighted by atomic mass is 32.2. The van der Waals surface area contributed by atoms with Crippen molar-refractivity contribution in [3.63, 3.8) is 0 Å². The van der Waals surface area contributed by atoms with Gasteiger partial charge in [0.2, 0.25) is 0 Å². The van der Waals surface area contributed by atoms with Gasteiger partial charge in [0.25, 0.3) is 0 Å². The second-order valence-corrected chi connectivity index (χ2v) is 13.5. The van der Waals surface area contributed by atoms with Gasteiger partial charge in [-0.15, -0.1) is 0 Å². The number of aromatic nitrogens is 2. The van der Waals surface area contributed by atoms with E-state index in [0.717, 1.165) is 16.3 Å². The molecule has 39 heavy (non-hydrogen) atoms. The van der Waals surface area contributed by atoms with Crippen LogP contribution >= 0.6 is 19.5 Å². The van der Waals surface area contributed by atoms with Crippen LogP contribution in [0.15, 0.2) is 17.1 Å². The lowest BCUT2D eigenvalue weighted by Crippen LogP contribution is -2.40. The molecule has 1 saturated carbocycles. The molecule has 1 aromatic heterocycles. The molecule has 0 bridgehead atoms. The molecule has 0 aromatic carbocycles. The van der Waals surface area contributed by atoms with E-state index in [4.69, 9.17) is 24.3 Å². The highest BCUT2D eigenvalue weighted by molar-refractivity contribution is 8.13. The van der Waals surface area contributed by atoms with Crippen LogP contribution in [0.25, 0.3) is 0 Å². The zero-order chi connectivity index (χ0) is 29.3. The monoisotopic (exact) mass is 594 g/mol. The van der Waals surface area contributed by atoms with E-state index in [1.54, 1.807) is 34.6 Å². The van der Waals surface area contributed by atoms with E-state index in [0.29, 0.717) is 0 Å². The lowest BCUT2D eigenvalue weighted by molar-refractivity contribution is -0.149. The van der Waals surface area contributed by atoms with Crippen molar-refractivity contribution in [1.82, 2.24) is 14.6 Å². The minimum atomic E-state index is -4.34. The number of aliphatic hydroxyl groups excluding tert-OH is 1. The van der Waals surface area contributed by atoms with E-state index in [-0.39, 0.29) is 23.3 Å². The van der Waals surface area contributed by atoms with Crippen LogP contribution in [0, 0.1) is 10.8 Å². The summed E-state index contributed by atoms with van der Waals surface area (Å²) in [6, 6.07) is 0.184. The highest BCUT2D eigenvalue weighted by Crippen LogP contribution is 2.66. The molecule has 2 heterocycles. The van der Waals surface area contributed by atoms with Crippen LogP contribution in [-0.2, 0) is 32.7 Å². The fourth-order valence-electron chi connectivity index (χ4n) is 4.01. The molecule has 16 heteroatoms. The first kappa shape index (κ1) is 31.7. The van der Waals surface area contributed by atoms with Gasteiger partial charge in [0.15, 0.2) is 11.3 Å². The first-order chi connectivity index (χ1) is 18.1. The molecular weight excluding hydrogens is 558 g/mol. The Hall–Kier alpha value is -1.87. The Morgan fingerprint density at radius 3 is 2.59 bits per heavy atom. The normalized spacial score (nSPS) is 28.5. The lowest BCUT2D eigenvalue weighted by atomic mass is 10.00. The van der Waals surface area contributed by atoms with Crippen LogP contribution in [0.5, 0.6) is 0 Å². The maximum atomic E-state index is 14.4. The Labute approximate surface area is 229 Å². The number of nitrogens with one attached hydrogen (secondary N) is 1. The van der Waals surface area contributed by atoms with Gasteiger partial charge in [-0.2, -0.15) is 4.98 Å². The largest absolute Gasteiger partial charge is 0.462 e. The number of alkyl halides is 1. The number of fused-ring (bicyclic) bond motifs is 1. The van der Waals surface area contributed by atoms with E-state index in [1.807, 2.05) is 0 Å². The SMILES string of the molecule is CC(C)OC(=O)[C@H](C)N[P@@](=O)(OCCSC(=O)C(C)(C)C)OC1[C@H]2O[C@@H](n3ccc(N)nc3=O)[C@H](O)[C@@]12CF. The van der Waals surface area contributed by atoms with Crippen molar-refractivity contribution in [2.45, 2.75) is 78.2 Å². The highest BCUT2D eigenvalue weighted by Gasteiger charge is 2.79. The van der Waals surface area contributed by atoms with E-state index >= 15 is 0 Å². The summed E-state index contributed by atoms with van der Waals surface area (Å²) in [6.07, 6.45) is -4.34. The lowest BCUT2D eigenvalue weighted by Gasteiger charge is -2.28. The Kier molecular flexibility index (Phi) is 9.68. The third kappa shape index (κ3) is 6.89. The number of anilines is 1. The van der Waals surface area contributed by atoms with Crippen LogP contribution in [0.1, 0.15) is 47.8 Å². The van der Waals surface area contributed by atoms with Gasteiger partial charge in [0, 0.05) is 17.4 Å². The minimum absolute atomic E-state index is 0.0352. The smallest absolute Gasteiger partial charge is 0.406 e. The molecule has 3 rings (SSSR count). The molecule has 0 amide bonds. The number of esters is 1. The second kappa shape index (κ2) is 11.9. The zero-order valence-corrected chi connectivity index (χ0v) is 24.4. The molecule has 2 aliphatic rings. The number of ether oxygens (including phenoxy) is 2. The summed E-state index contributed by atoms with van der Waals surface area (Å²) < 4.78 is 51.2. The van der Waals surface area contributed by atoms with E-state index in [9.17, 15) is 28.4 Å². The molecular formula is C23H36FN4O9PS. The third-order valence-electron chi connectivity index (χ3n) is 6.19. The number of nitrogens with zero attached hydrogens (tertiary/aromatic N) is 2. The van der Waals surface area contributed by atoms with Crippen molar-refractivity contribution in [3.05, 3.63) is 22.7 Å². The van der Waals surface area contributed by atoms with Crippen molar-refractivity contribution in [2.24, 2.45) is 10.8 Å². The Bertz CT molecular complexity index is 1180. The Balaban J connectivity index is 1.75. The summed E-state index contributed by atoms with van der Waals surface area (Å²) in [5, 5.41) is 13.3. The number of nitrogen functional groups attached to an aromatic ring is 1. The van der Waals surface area contributed by atoms with Gasteiger partial charge in [0.1, 0.15) is 36.8 Å². The summed E-state index contributed by atoms with van der Waals surface area (Å²) in [4.78, 5) is 40.4. The van der Waals surface area contributed by atoms with Crippen LogP contribution < -0.4 is 16.5 Å². The van der Waals surface area contributed by atoms with E-state index < -0.39 is 73.6 Å². The molecule has 220 valence electrons. The Morgan fingerprint density at radius 2 is 2.05 bits per heavy atom. The maximum absolute atomic E-state index is 14.4. The topological polar surface area (TPSA) is 181 Å². The molecule has 4 N–H and O–H groups in total. The molecule has 0 spiro atoms. The number of carbonyl (C=O) groups is 2. The van der Waals surface area contributed by atoms with Gasteiger partial charge in [-0.1, -0.05) is 32.5 Å². The van der Waals surface area contributed by atoms with Crippen molar-refractivity contribution < 1.29 is 42.2 Å². The fourth-order valence-corrected chi connectivity index (χ4v) is 6.64. The number of thioether (sulfide) groups is 1. The second-order valence-electron chi connectivity index (χ2n) is 10.8. The summed E-state index contributed by atoms with van der Waals surface area (Å²) >= 11 is 0.981. The summed E-state index contributed by atoms with van der Waals surface area (Å²) in [5.74, 6) is -0.628. The number of hydrogen-bond acceptors (Lipinski definition) is 12. The average molecular weight is 595 g/mol. The predicted molar refractivity (Wildman–Crippen MR) is 140 cm³/mol. The zero-order valence-electron chi connectivity index (χ0n) is 22.7. The molecule has 1 aliphatic heterocycles. The number of nitrogens with two attached hydrogens (primary N) is 1. The fraction of sp³-hybridized carbons (Fsp3) is 0.739. The van der Waals surface area contributed by atoms with Crippen molar-refractivity contribution in [1.29, 1.82) is 0 Å². The van der Waals surface area contributed by atoms with Gasteiger partial charge < -0.3 is 20.3 Å². The summed E-state index contributed by atoms with van der Waals surface area (Å²) in [7, 11) is -4.34. The first-order valence-electron chi connectivity index (χ1n) is 12.4. The van der Waals surface area contributed by atoms with Gasteiger partial charge >= 0.3 is 19.4 Å². The number of halogens is 1. The number of aliphatic hydroxyl groups is 1. The van der Waals surface area contributed by atoms with Gasteiger partial charge in [-0.05, 0) is 26.8 Å². The van der Waals surface area contributed by atoms with Crippen molar-refractivity contribution >= 4 is 36.4 Å². The van der Waals surface area contributed by atoms with Crippen LogP contribution in [0.2, 0.25) is 0 Å². The van der Waals surface area contributed by atoms with Crippen LogP contribution in [0.4, 0.5) is 10.2 Å². The molecule has 1 aromatic rings. The van der Waals surface area contributed by atoms with Gasteiger partial charge in [-0.25, -0.2) is 14.4 Å². The Morgan fingerprint density at radius 1 is 1.38 bits per heavy atom. The van der Waals surface area contributed by atoms with Gasteiger partial charge in [0.05, 0.1) is 18.1 Å². The van der Waals surface area contributed by atoms with E-state index in [2.05, 4.69) is 10.1 Å². The average Bonchev–Trinajstić information content (AvgIpc) is 3.31. The summed E-state index contributed by atoms with van der Waals surface area (Å²) in [5.41, 5.74) is 2.46. The minimum Gasteiger partial charge on any atom is -0.462 e. The molecule has 2 fully saturated rings. The van der Waals surface area contributed by atoms with Crippen molar-refractivity contribution in [2.75, 3.05) is 24.8 Å². The standard InChI is InChI=1S/C23H36FN4O9PS/c1-12(2)35-19(30)13(3)27-38(33,34-9-10-39-20(31)22(4,5)6)37-17-16-23(17,11-24)15(29)18(36-16)28-8-7-14(25)26-21(28)32/h7-8,12-13,15-18,29H,9-11H2,1-6H3,(H,27,33)(H2,25,26,32)/t13-,15-,16+,17?,18+,23+,38+/m0/s1. The molecule has 1 aliphatic carbocycles. The molecule has 0 radical (unpaired) electrons. The van der Waals surface area contributed by atoms with Crippen LogP contribution in [0.3, 0.4) is 0 Å². The number of rotatable bonds is 12. The van der Waals surface area contributed by atoms with Crippen molar-refractivity contribution in [3.8, 4) is 0 Å². The predicted octanol–water partition coefficient (Wildman–Crippen LogP) is 1.80. The third-order valence-corrected chi connectivity index (χ3v) is 9.16. The van der Waals surface area contributed by atoms with Gasteiger partial charge in [-0.3, -0.25) is 27.6 Å². The maximum Gasteiger partial charge on any atom is 0.406 e.